The molecule has 0 aliphatic heterocycles. The number of hydrogen-bond acceptors (Lipinski definition) is 1. The van der Waals surface area contributed by atoms with Crippen LogP contribution >= 0.6 is 0 Å². The molecular weight excluding hydrogens is 268 g/mol. The average Bonchev–Trinajstić information content (AvgIpc) is 2.48. The van der Waals surface area contributed by atoms with Crippen LogP contribution in [0.2, 0.25) is 0 Å². The van der Waals surface area contributed by atoms with Crippen LogP contribution in [0.1, 0.15) is 24.5 Å². The van der Waals surface area contributed by atoms with E-state index in [1.165, 1.54) is 24.3 Å². The van der Waals surface area contributed by atoms with Crippen molar-refractivity contribution in [3.63, 3.8) is 0 Å². The van der Waals surface area contributed by atoms with Gasteiger partial charge in [-0.2, -0.15) is 0 Å². The van der Waals surface area contributed by atoms with Gasteiger partial charge in [0, 0.05) is 6.04 Å². The Bertz CT molecular complexity index is 534. The summed E-state index contributed by atoms with van der Waals surface area (Å²) in [6, 6.07) is 13.7. The van der Waals surface area contributed by atoms with Gasteiger partial charge in [0.1, 0.15) is 11.6 Å². The van der Waals surface area contributed by atoms with Crippen molar-refractivity contribution in [2.75, 3.05) is 6.54 Å². The Kier molecular flexibility index (Phi) is 5.88. The van der Waals surface area contributed by atoms with Crippen LogP contribution in [0.4, 0.5) is 8.78 Å². The van der Waals surface area contributed by atoms with Gasteiger partial charge in [0.25, 0.3) is 0 Å². The molecular formula is C18H21F2N. The monoisotopic (exact) mass is 289 g/mol. The van der Waals surface area contributed by atoms with Crippen LogP contribution in [0.25, 0.3) is 0 Å². The molecule has 0 aromatic heterocycles. The number of benzene rings is 2. The molecule has 2 aromatic carbocycles. The van der Waals surface area contributed by atoms with Crippen molar-refractivity contribution in [1.82, 2.24) is 5.32 Å². The van der Waals surface area contributed by atoms with Gasteiger partial charge in [-0.1, -0.05) is 24.3 Å². The summed E-state index contributed by atoms with van der Waals surface area (Å²) in [7, 11) is 0. The van der Waals surface area contributed by atoms with Crippen molar-refractivity contribution in [1.29, 1.82) is 0 Å². The predicted molar refractivity (Wildman–Crippen MR) is 82.3 cm³/mol. The molecule has 1 unspecified atom stereocenters. The van der Waals surface area contributed by atoms with E-state index in [0.717, 1.165) is 36.9 Å². The number of rotatable bonds is 7. The van der Waals surface area contributed by atoms with Gasteiger partial charge in [0.2, 0.25) is 0 Å². The molecule has 0 saturated carbocycles. The summed E-state index contributed by atoms with van der Waals surface area (Å²) in [6.45, 7) is 3.04. The minimum atomic E-state index is -0.196. The zero-order valence-corrected chi connectivity index (χ0v) is 12.3. The summed E-state index contributed by atoms with van der Waals surface area (Å²) in [5.74, 6) is -0.386. The maximum absolute atomic E-state index is 12.8. The normalized spacial score (nSPS) is 12.3. The van der Waals surface area contributed by atoms with Gasteiger partial charge in [-0.05, 0) is 68.1 Å². The summed E-state index contributed by atoms with van der Waals surface area (Å²) < 4.78 is 25.6. The van der Waals surface area contributed by atoms with Gasteiger partial charge in [0.05, 0.1) is 0 Å². The average molecular weight is 289 g/mol. The molecule has 0 spiro atoms. The number of hydrogen-bond donors (Lipinski definition) is 1. The quantitative estimate of drug-likeness (QED) is 0.756. The van der Waals surface area contributed by atoms with Crippen LogP contribution in [0, 0.1) is 11.6 Å². The van der Waals surface area contributed by atoms with E-state index in [2.05, 4.69) is 12.2 Å². The smallest absolute Gasteiger partial charge is 0.123 e. The summed E-state index contributed by atoms with van der Waals surface area (Å²) >= 11 is 0. The first-order chi connectivity index (χ1) is 10.1. The van der Waals surface area contributed by atoms with E-state index in [1.807, 2.05) is 24.3 Å². The molecule has 0 heterocycles. The molecule has 0 fully saturated rings. The molecule has 0 amide bonds. The second-order valence-corrected chi connectivity index (χ2v) is 5.42. The summed E-state index contributed by atoms with van der Waals surface area (Å²) in [4.78, 5) is 0. The van der Waals surface area contributed by atoms with E-state index in [-0.39, 0.29) is 11.6 Å². The van der Waals surface area contributed by atoms with Crippen LogP contribution < -0.4 is 5.32 Å². The molecule has 3 heteroatoms. The van der Waals surface area contributed by atoms with Gasteiger partial charge in [0.15, 0.2) is 0 Å². The molecule has 0 saturated heterocycles. The van der Waals surface area contributed by atoms with E-state index in [1.54, 1.807) is 0 Å². The second-order valence-electron chi connectivity index (χ2n) is 5.42. The van der Waals surface area contributed by atoms with Crippen LogP contribution in [0.3, 0.4) is 0 Å². The molecule has 0 aliphatic carbocycles. The van der Waals surface area contributed by atoms with E-state index < -0.39 is 0 Å². The Morgan fingerprint density at radius 2 is 1.38 bits per heavy atom. The van der Waals surface area contributed by atoms with Crippen molar-refractivity contribution < 1.29 is 8.78 Å². The van der Waals surface area contributed by atoms with Gasteiger partial charge < -0.3 is 5.32 Å². The minimum absolute atomic E-state index is 0.190. The number of halogens is 2. The maximum atomic E-state index is 12.8. The van der Waals surface area contributed by atoms with Crippen molar-refractivity contribution in [3.05, 3.63) is 71.3 Å². The van der Waals surface area contributed by atoms with Crippen LogP contribution in [0.5, 0.6) is 0 Å². The van der Waals surface area contributed by atoms with Gasteiger partial charge in [-0.15, -0.1) is 0 Å². The van der Waals surface area contributed by atoms with Gasteiger partial charge in [-0.25, -0.2) is 8.78 Å². The standard InChI is InChI=1S/C18H21F2N/c1-14(13-16-6-10-18(20)11-7-16)21-12-2-3-15-4-8-17(19)9-5-15/h4-11,14,21H,2-3,12-13H2,1H3. The highest BCUT2D eigenvalue weighted by Gasteiger charge is 2.03. The Morgan fingerprint density at radius 1 is 0.857 bits per heavy atom. The lowest BCUT2D eigenvalue weighted by atomic mass is 10.1. The van der Waals surface area contributed by atoms with Crippen molar-refractivity contribution >= 4 is 0 Å². The third-order valence-electron chi connectivity index (χ3n) is 3.50. The highest BCUT2D eigenvalue weighted by atomic mass is 19.1. The first-order valence-electron chi connectivity index (χ1n) is 7.36. The first-order valence-corrected chi connectivity index (χ1v) is 7.36. The van der Waals surface area contributed by atoms with E-state index in [0.29, 0.717) is 6.04 Å². The highest BCUT2D eigenvalue weighted by molar-refractivity contribution is 5.17. The Balaban J connectivity index is 1.66. The molecule has 0 bridgehead atoms. The Labute approximate surface area is 125 Å². The van der Waals surface area contributed by atoms with Crippen LogP contribution in [-0.4, -0.2) is 12.6 Å². The third kappa shape index (κ3) is 5.64. The molecule has 2 aromatic rings. The summed E-state index contributed by atoms with van der Waals surface area (Å²) in [5, 5.41) is 3.46. The molecule has 1 atom stereocenters. The van der Waals surface area contributed by atoms with E-state index in [9.17, 15) is 8.78 Å². The molecule has 1 N–H and O–H groups in total. The molecule has 2 rings (SSSR count). The summed E-state index contributed by atoms with van der Waals surface area (Å²) in [5.41, 5.74) is 2.29. The maximum Gasteiger partial charge on any atom is 0.123 e. The Hall–Kier alpha value is -1.74. The van der Waals surface area contributed by atoms with Gasteiger partial charge >= 0.3 is 0 Å². The van der Waals surface area contributed by atoms with Crippen LogP contribution in [-0.2, 0) is 12.8 Å². The van der Waals surface area contributed by atoms with Crippen molar-refractivity contribution in [2.45, 2.75) is 32.2 Å². The fourth-order valence-electron chi connectivity index (χ4n) is 2.34. The van der Waals surface area contributed by atoms with Crippen molar-refractivity contribution in [3.8, 4) is 0 Å². The zero-order chi connectivity index (χ0) is 15.1. The lowest BCUT2D eigenvalue weighted by molar-refractivity contribution is 0.533. The SMILES string of the molecule is CC(Cc1ccc(F)cc1)NCCCc1ccc(F)cc1. The zero-order valence-electron chi connectivity index (χ0n) is 12.3. The predicted octanol–water partition coefficient (Wildman–Crippen LogP) is 4.12. The topological polar surface area (TPSA) is 12.0 Å². The second kappa shape index (κ2) is 7.89. The highest BCUT2D eigenvalue weighted by Crippen LogP contribution is 2.07. The molecule has 0 aliphatic rings. The van der Waals surface area contributed by atoms with E-state index >= 15 is 0 Å². The first kappa shape index (κ1) is 15.6. The van der Waals surface area contributed by atoms with Crippen molar-refractivity contribution in [2.24, 2.45) is 0 Å². The Morgan fingerprint density at radius 3 is 1.95 bits per heavy atom. The largest absolute Gasteiger partial charge is 0.314 e. The van der Waals surface area contributed by atoms with E-state index in [4.69, 9.17) is 0 Å². The fourth-order valence-corrected chi connectivity index (χ4v) is 2.34. The third-order valence-corrected chi connectivity index (χ3v) is 3.50. The van der Waals surface area contributed by atoms with Crippen LogP contribution in [0.15, 0.2) is 48.5 Å². The summed E-state index contributed by atoms with van der Waals surface area (Å²) in [6.07, 6.45) is 2.84. The molecule has 1 nitrogen and oxygen atoms in total. The number of aryl methyl sites for hydroxylation is 1. The lowest BCUT2D eigenvalue weighted by Crippen LogP contribution is -2.29. The molecule has 21 heavy (non-hydrogen) atoms. The molecule has 0 radical (unpaired) electrons. The minimum Gasteiger partial charge on any atom is -0.314 e. The van der Waals surface area contributed by atoms with Gasteiger partial charge in [-0.3, -0.25) is 0 Å². The number of nitrogens with one attached hydrogen (secondary N) is 1. The lowest BCUT2D eigenvalue weighted by Gasteiger charge is -2.14. The fraction of sp³-hybridized carbons (Fsp3) is 0.333. The molecule has 112 valence electrons.